The molecule has 0 aliphatic heterocycles. The second-order valence-electron chi connectivity index (χ2n) is 4.67. The molecule has 0 fully saturated rings. The largest absolute Gasteiger partial charge is 0.480 e. The van der Waals surface area contributed by atoms with E-state index in [0.717, 1.165) is 24.4 Å². The van der Waals surface area contributed by atoms with E-state index in [0.29, 0.717) is 11.5 Å². The molecule has 102 valence electrons. The van der Waals surface area contributed by atoms with Crippen LogP contribution in [0.3, 0.4) is 0 Å². The Morgan fingerprint density at radius 2 is 1.47 bits per heavy atom. The Morgan fingerprint density at radius 1 is 1.05 bits per heavy atom. The van der Waals surface area contributed by atoms with Crippen molar-refractivity contribution in [3.05, 3.63) is 47.3 Å². The number of rotatable bonds is 5. The van der Waals surface area contributed by atoms with Crippen LogP contribution in [0.2, 0.25) is 0 Å². The zero-order chi connectivity index (χ0) is 14.0. The molecule has 0 saturated carbocycles. The molecule has 2 heterocycles. The fourth-order valence-corrected chi connectivity index (χ4v) is 2.01. The van der Waals surface area contributed by atoms with E-state index in [1.807, 2.05) is 13.8 Å². The van der Waals surface area contributed by atoms with Gasteiger partial charge in [0.15, 0.2) is 5.41 Å². The van der Waals surface area contributed by atoms with Crippen LogP contribution in [0.15, 0.2) is 33.1 Å². The highest BCUT2D eigenvalue weighted by molar-refractivity contribution is 5.83. The maximum absolute atomic E-state index is 11.7. The van der Waals surface area contributed by atoms with Gasteiger partial charge in [-0.3, -0.25) is 4.79 Å². The van der Waals surface area contributed by atoms with Gasteiger partial charge in [-0.2, -0.15) is 0 Å². The molecule has 0 bridgehead atoms. The number of furan rings is 2. The molecule has 4 heteroatoms. The van der Waals surface area contributed by atoms with E-state index in [9.17, 15) is 9.90 Å². The number of carboxylic acids is 1. The molecule has 0 amide bonds. The van der Waals surface area contributed by atoms with Crippen molar-refractivity contribution < 1.29 is 18.7 Å². The highest BCUT2D eigenvalue weighted by Gasteiger charge is 2.43. The average Bonchev–Trinajstić information content (AvgIpc) is 3.06. The quantitative estimate of drug-likeness (QED) is 0.897. The maximum atomic E-state index is 11.7. The van der Waals surface area contributed by atoms with E-state index in [1.165, 1.54) is 0 Å². The first-order valence-corrected chi connectivity index (χ1v) is 6.44. The Morgan fingerprint density at radius 3 is 1.74 bits per heavy atom. The summed E-state index contributed by atoms with van der Waals surface area (Å²) in [4.78, 5) is 11.7. The Bertz CT molecular complexity index is 534. The van der Waals surface area contributed by atoms with E-state index < -0.39 is 11.4 Å². The molecule has 4 nitrogen and oxygen atoms in total. The Labute approximate surface area is 112 Å². The highest BCUT2D eigenvalue weighted by atomic mass is 16.4. The lowest BCUT2D eigenvalue weighted by Gasteiger charge is -2.19. The van der Waals surface area contributed by atoms with Gasteiger partial charge in [0.05, 0.1) is 0 Å². The van der Waals surface area contributed by atoms with Crippen molar-refractivity contribution in [3.8, 4) is 0 Å². The van der Waals surface area contributed by atoms with Crippen LogP contribution in [0.25, 0.3) is 0 Å². The van der Waals surface area contributed by atoms with Crippen LogP contribution in [0.4, 0.5) is 0 Å². The molecule has 19 heavy (non-hydrogen) atoms. The van der Waals surface area contributed by atoms with Crippen molar-refractivity contribution in [2.24, 2.45) is 0 Å². The number of hydrogen-bond acceptors (Lipinski definition) is 3. The van der Waals surface area contributed by atoms with Crippen LogP contribution < -0.4 is 0 Å². The molecular weight excluding hydrogens is 244 g/mol. The van der Waals surface area contributed by atoms with Gasteiger partial charge in [0, 0.05) is 12.8 Å². The summed E-state index contributed by atoms with van der Waals surface area (Å²) in [7, 11) is 0. The molecule has 0 spiro atoms. The van der Waals surface area contributed by atoms with Crippen molar-refractivity contribution in [2.45, 2.75) is 39.0 Å². The van der Waals surface area contributed by atoms with Gasteiger partial charge in [0.1, 0.15) is 23.0 Å². The predicted octanol–water partition coefficient (Wildman–Crippen LogP) is 3.39. The summed E-state index contributed by atoms with van der Waals surface area (Å²) in [5.41, 5.74) is -1.29. The van der Waals surface area contributed by atoms with Crippen molar-refractivity contribution in [1.29, 1.82) is 0 Å². The lowest BCUT2D eigenvalue weighted by molar-refractivity contribution is -0.142. The average molecular weight is 262 g/mol. The van der Waals surface area contributed by atoms with Gasteiger partial charge >= 0.3 is 5.97 Å². The van der Waals surface area contributed by atoms with Crippen LogP contribution in [-0.4, -0.2) is 11.1 Å². The van der Waals surface area contributed by atoms with Crippen molar-refractivity contribution >= 4 is 5.97 Å². The molecule has 2 rings (SSSR count). The molecule has 0 saturated heterocycles. The Balaban J connectivity index is 2.50. The van der Waals surface area contributed by atoms with Crippen LogP contribution in [0.5, 0.6) is 0 Å². The minimum atomic E-state index is -1.29. The van der Waals surface area contributed by atoms with Crippen molar-refractivity contribution in [2.75, 3.05) is 0 Å². The second-order valence-corrected chi connectivity index (χ2v) is 4.67. The fourth-order valence-electron chi connectivity index (χ4n) is 2.01. The van der Waals surface area contributed by atoms with Crippen molar-refractivity contribution in [3.63, 3.8) is 0 Å². The third-order valence-electron chi connectivity index (χ3n) is 3.43. The van der Waals surface area contributed by atoms with Crippen LogP contribution in [-0.2, 0) is 23.1 Å². The number of aryl methyl sites for hydroxylation is 2. The molecule has 0 radical (unpaired) electrons. The molecule has 2 aromatic rings. The molecule has 0 atom stereocenters. The van der Waals surface area contributed by atoms with Gasteiger partial charge < -0.3 is 13.9 Å². The van der Waals surface area contributed by atoms with E-state index in [-0.39, 0.29) is 0 Å². The molecule has 0 aliphatic carbocycles. The summed E-state index contributed by atoms with van der Waals surface area (Å²) < 4.78 is 11.2. The molecule has 0 aromatic carbocycles. The van der Waals surface area contributed by atoms with Gasteiger partial charge in [0.25, 0.3) is 0 Å². The van der Waals surface area contributed by atoms with E-state index in [1.54, 1.807) is 31.2 Å². The van der Waals surface area contributed by atoms with Crippen LogP contribution in [0.1, 0.15) is 43.8 Å². The lowest BCUT2D eigenvalue weighted by atomic mass is 9.85. The van der Waals surface area contributed by atoms with Gasteiger partial charge in [-0.05, 0) is 31.2 Å². The third-order valence-corrected chi connectivity index (χ3v) is 3.43. The normalized spacial score (nSPS) is 11.7. The zero-order valence-electron chi connectivity index (χ0n) is 11.4. The van der Waals surface area contributed by atoms with E-state index in [2.05, 4.69) is 0 Å². The molecule has 0 unspecified atom stereocenters. The third kappa shape index (κ3) is 2.18. The molecule has 1 N–H and O–H groups in total. The first kappa shape index (κ1) is 13.5. The maximum Gasteiger partial charge on any atom is 0.324 e. The first-order chi connectivity index (χ1) is 9.02. The van der Waals surface area contributed by atoms with Gasteiger partial charge in [-0.1, -0.05) is 13.8 Å². The number of hydrogen-bond donors (Lipinski definition) is 1. The summed E-state index contributed by atoms with van der Waals surface area (Å²) in [6, 6.07) is 7.03. The van der Waals surface area contributed by atoms with Crippen LogP contribution in [0, 0.1) is 0 Å². The molecular formula is C15H18O4. The van der Waals surface area contributed by atoms with E-state index in [4.69, 9.17) is 8.83 Å². The Hall–Kier alpha value is -1.97. The zero-order valence-corrected chi connectivity index (χ0v) is 11.4. The van der Waals surface area contributed by atoms with Gasteiger partial charge in [-0.15, -0.1) is 0 Å². The SMILES string of the molecule is CCc1ccc(C(C)(C(=O)O)c2ccc(CC)o2)o1. The first-order valence-electron chi connectivity index (χ1n) is 6.44. The number of aliphatic carboxylic acids is 1. The molecule has 0 aliphatic rings. The summed E-state index contributed by atoms with van der Waals surface area (Å²) >= 11 is 0. The number of carbonyl (C=O) groups is 1. The standard InChI is InChI=1S/C15H18O4/c1-4-10-6-8-12(18-10)15(3,14(16)17)13-9-7-11(5-2)19-13/h6-9H,4-5H2,1-3H3,(H,16,17). The summed E-state index contributed by atoms with van der Waals surface area (Å²) in [5.74, 6) is 1.35. The monoisotopic (exact) mass is 262 g/mol. The second kappa shape index (κ2) is 4.96. The van der Waals surface area contributed by atoms with E-state index >= 15 is 0 Å². The summed E-state index contributed by atoms with van der Waals surface area (Å²) in [6.07, 6.45) is 1.46. The molecule has 2 aromatic heterocycles. The van der Waals surface area contributed by atoms with Crippen LogP contribution >= 0.6 is 0 Å². The Kier molecular flexibility index (Phi) is 3.51. The predicted molar refractivity (Wildman–Crippen MR) is 70.3 cm³/mol. The van der Waals surface area contributed by atoms with Gasteiger partial charge in [0.2, 0.25) is 0 Å². The minimum absolute atomic E-state index is 0.397. The summed E-state index contributed by atoms with van der Waals surface area (Å²) in [6.45, 7) is 5.53. The minimum Gasteiger partial charge on any atom is -0.480 e. The highest BCUT2D eigenvalue weighted by Crippen LogP contribution is 2.35. The van der Waals surface area contributed by atoms with Gasteiger partial charge in [-0.25, -0.2) is 0 Å². The smallest absolute Gasteiger partial charge is 0.324 e. The fraction of sp³-hybridized carbons (Fsp3) is 0.400. The topological polar surface area (TPSA) is 63.6 Å². The lowest BCUT2D eigenvalue weighted by Crippen LogP contribution is -2.32. The van der Waals surface area contributed by atoms with Crippen molar-refractivity contribution in [1.82, 2.24) is 0 Å². The summed E-state index contributed by atoms with van der Waals surface area (Å²) in [5, 5.41) is 9.58. The number of carboxylic acid groups (broad SMARTS) is 1.